The molecule has 0 radical (unpaired) electrons. The van der Waals surface area contributed by atoms with Gasteiger partial charge in [-0.15, -0.1) is 0 Å². The first-order valence-electron chi connectivity index (χ1n) is 6.44. The second kappa shape index (κ2) is 5.61. The maximum Gasteiger partial charge on any atom is 0.250 e. The van der Waals surface area contributed by atoms with Crippen molar-refractivity contribution in [3.05, 3.63) is 28.8 Å². The minimum Gasteiger partial charge on any atom is -0.382 e. The molecule has 1 aromatic carbocycles. The summed E-state index contributed by atoms with van der Waals surface area (Å²) in [5.74, 6) is 0.186. The summed E-state index contributed by atoms with van der Waals surface area (Å²) in [6, 6.07) is 5.82. The van der Waals surface area contributed by atoms with Crippen molar-refractivity contribution in [3.63, 3.8) is 0 Å². The van der Waals surface area contributed by atoms with E-state index in [1.54, 1.807) is 12.1 Å². The van der Waals surface area contributed by atoms with Crippen LogP contribution in [0.4, 0.5) is 5.69 Å². The third-order valence-corrected chi connectivity index (χ3v) is 4.01. The fourth-order valence-electron chi connectivity index (χ4n) is 2.55. The smallest absolute Gasteiger partial charge is 0.250 e. The summed E-state index contributed by atoms with van der Waals surface area (Å²) in [7, 11) is 0. The Morgan fingerprint density at radius 1 is 1.39 bits per heavy atom. The van der Waals surface area contributed by atoms with Crippen LogP contribution in [0.5, 0.6) is 0 Å². The first kappa shape index (κ1) is 13.2. The lowest BCUT2D eigenvalue weighted by atomic mass is 9.86. The van der Waals surface area contributed by atoms with Crippen molar-refractivity contribution in [2.75, 3.05) is 5.32 Å². The Balaban J connectivity index is 2.10. The Labute approximate surface area is 113 Å². The molecule has 3 nitrogen and oxygen atoms in total. The van der Waals surface area contributed by atoms with E-state index in [-0.39, 0.29) is 0 Å². The lowest BCUT2D eigenvalue weighted by molar-refractivity contribution is 0.100. The van der Waals surface area contributed by atoms with Gasteiger partial charge in [-0.1, -0.05) is 31.4 Å². The Kier molecular flexibility index (Phi) is 4.12. The number of halogens is 1. The van der Waals surface area contributed by atoms with E-state index in [0.717, 1.165) is 5.69 Å². The minimum atomic E-state index is -0.488. The molecule has 0 bridgehead atoms. The standard InChI is InChI=1S/C14H19ClN2O/c1-9-4-2-3-5-13(9)17-10-6-7-11(14(16)18)12(15)8-10/h6-9,13,17H,2-5H2,1H3,(H2,16,18). The van der Waals surface area contributed by atoms with Gasteiger partial charge in [0.05, 0.1) is 10.6 Å². The highest BCUT2D eigenvalue weighted by Crippen LogP contribution is 2.28. The normalized spacial score (nSPS) is 23.7. The van der Waals surface area contributed by atoms with E-state index >= 15 is 0 Å². The Hall–Kier alpha value is -1.22. The topological polar surface area (TPSA) is 55.1 Å². The van der Waals surface area contributed by atoms with E-state index < -0.39 is 5.91 Å². The van der Waals surface area contributed by atoms with Crippen LogP contribution in [0.3, 0.4) is 0 Å². The maximum absolute atomic E-state index is 11.1. The number of nitrogens with two attached hydrogens (primary N) is 1. The second-order valence-corrected chi connectivity index (χ2v) is 5.48. The molecule has 1 fully saturated rings. The molecule has 2 rings (SSSR count). The first-order valence-corrected chi connectivity index (χ1v) is 6.81. The fourth-order valence-corrected chi connectivity index (χ4v) is 2.82. The van der Waals surface area contributed by atoms with Gasteiger partial charge in [0, 0.05) is 11.7 Å². The molecule has 1 amide bonds. The first-order chi connectivity index (χ1) is 8.58. The second-order valence-electron chi connectivity index (χ2n) is 5.07. The largest absolute Gasteiger partial charge is 0.382 e. The molecule has 1 aromatic rings. The molecule has 3 N–H and O–H groups in total. The monoisotopic (exact) mass is 266 g/mol. The zero-order valence-electron chi connectivity index (χ0n) is 10.6. The number of primary amides is 1. The van der Waals surface area contributed by atoms with Crippen LogP contribution < -0.4 is 11.1 Å². The summed E-state index contributed by atoms with van der Waals surface area (Å²) < 4.78 is 0. The molecule has 98 valence electrons. The zero-order valence-corrected chi connectivity index (χ0v) is 11.3. The summed E-state index contributed by atoms with van der Waals surface area (Å²) in [6.07, 6.45) is 5.05. The molecule has 2 unspecified atom stereocenters. The van der Waals surface area contributed by atoms with Crippen LogP contribution in [0, 0.1) is 5.92 Å². The molecule has 0 heterocycles. The number of rotatable bonds is 3. The molecule has 1 saturated carbocycles. The molecule has 0 aromatic heterocycles. The van der Waals surface area contributed by atoms with Gasteiger partial charge in [0.15, 0.2) is 0 Å². The highest BCUT2D eigenvalue weighted by Gasteiger charge is 2.21. The average molecular weight is 267 g/mol. The Bertz CT molecular complexity index is 447. The van der Waals surface area contributed by atoms with Crippen molar-refractivity contribution in [2.24, 2.45) is 11.7 Å². The summed E-state index contributed by atoms with van der Waals surface area (Å²) in [6.45, 7) is 2.27. The number of benzene rings is 1. The number of nitrogens with one attached hydrogen (secondary N) is 1. The van der Waals surface area contributed by atoms with Crippen LogP contribution in [0.25, 0.3) is 0 Å². The van der Waals surface area contributed by atoms with E-state index in [1.807, 2.05) is 6.07 Å². The van der Waals surface area contributed by atoms with Gasteiger partial charge < -0.3 is 11.1 Å². The molecule has 0 aliphatic heterocycles. The van der Waals surface area contributed by atoms with E-state index in [0.29, 0.717) is 22.5 Å². The van der Waals surface area contributed by atoms with Crippen LogP contribution in [0.1, 0.15) is 43.0 Å². The predicted molar refractivity (Wildman–Crippen MR) is 75.0 cm³/mol. The molecule has 0 saturated heterocycles. The number of carbonyl (C=O) groups excluding carboxylic acids is 1. The van der Waals surface area contributed by atoms with Crippen LogP contribution in [-0.2, 0) is 0 Å². The van der Waals surface area contributed by atoms with Crippen LogP contribution in [0.2, 0.25) is 5.02 Å². The van der Waals surface area contributed by atoms with Crippen molar-refractivity contribution >= 4 is 23.2 Å². The quantitative estimate of drug-likeness (QED) is 0.881. The Morgan fingerprint density at radius 2 is 2.11 bits per heavy atom. The molecule has 4 heteroatoms. The molecule has 2 atom stereocenters. The van der Waals surface area contributed by atoms with Crippen molar-refractivity contribution in [2.45, 2.75) is 38.6 Å². The van der Waals surface area contributed by atoms with E-state index in [9.17, 15) is 4.79 Å². The highest BCUT2D eigenvalue weighted by molar-refractivity contribution is 6.34. The van der Waals surface area contributed by atoms with Crippen LogP contribution in [0.15, 0.2) is 18.2 Å². The van der Waals surface area contributed by atoms with Crippen LogP contribution >= 0.6 is 11.6 Å². The number of hydrogen-bond donors (Lipinski definition) is 2. The molecule has 18 heavy (non-hydrogen) atoms. The van der Waals surface area contributed by atoms with Crippen LogP contribution in [-0.4, -0.2) is 11.9 Å². The molecule has 1 aliphatic rings. The highest BCUT2D eigenvalue weighted by atomic mass is 35.5. The van der Waals surface area contributed by atoms with Crippen molar-refractivity contribution in [3.8, 4) is 0 Å². The van der Waals surface area contributed by atoms with Crippen molar-refractivity contribution in [1.29, 1.82) is 0 Å². The zero-order chi connectivity index (χ0) is 13.1. The third kappa shape index (κ3) is 2.96. The SMILES string of the molecule is CC1CCCCC1Nc1ccc(C(N)=O)c(Cl)c1. The summed E-state index contributed by atoms with van der Waals surface area (Å²) in [4.78, 5) is 11.1. The van der Waals surface area contributed by atoms with Crippen molar-refractivity contribution in [1.82, 2.24) is 0 Å². The lowest BCUT2D eigenvalue weighted by Crippen LogP contribution is -2.30. The maximum atomic E-state index is 11.1. The number of anilines is 1. The van der Waals surface area contributed by atoms with E-state index in [1.165, 1.54) is 25.7 Å². The predicted octanol–water partition coefficient (Wildman–Crippen LogP) is 3.43. The van der Waals surface area contributed by atoms with Gasteiger partial charge in [0.1, 0.15) is 0 Å². The van der Waals surface area contributed by atoms with Gasteiger partial charge in [-0.2, -0.15) is 0 Å². The fraction of sp³-hybridized carbons (Fsp3) is 0.500. The van der Waals surface area contributed by atoms with Gasteiger partial charge in [0.25, 0.3) is 0 Å². The molecule has 0 spiro atoms. The molecule has 1 aliphatic carbocycles. The number of carbonyl (C=O) groups is 1. The lowest BCUT2D eigenvalue weighted by Gasteiger charge is -2.30. The summed E-state index contributed by atoms with van der Waals surface area (Å²) in [5.41, 5.74) is 6.56. The minimum absolute atomic E-state index is 0.374. The average Bonchev–Trinajstić information content (AvgIpc) is 2.32. The van der Waals surface area contributed by atoms with Crippen molar-refractivity contribution < 1.29 is 4.79 Å². The third-order valence-electron chi connectivity index (χ3n) is 3.70. The van der Waals surface area contributed by atoms with Gasteiger partial charge >= 0.3 is 0 Å². The van der Waals surface area contributed by atoms with Gasteiger partial charge in [0.2, 0.25) is 5.91 Å². The number of hydrogen-bond acceptors (Lipinski definition) is 2. The summed E-state index contributed by atoms with van der Waals surface area (Å²) >= 11 is 6.04. The van der Waals surface area contributed by atoms with Gasteiger partial charge in [-0.3, -0.25) is 4.79 Å². The van der Waals surface area contributed by atoms with Gasteiger partial charge in [-0.25, -0.2) is 0 Å². The van der Waals surface area contributed by atoms with E-state index in [2.05, 4.69) is 12.2 Å². The Morgan fingerprint density at radius 3 is 2.72 bits per heavy atom. The summed E-state index contributed by atoms with van der Waals surface area (Å²) in [5, 5.41) is 3.91. The van der Waals surface area contributed by atoms with E-state index in [4.69, 9.17) is 17.3 Å². The molecular formula is C14H19ClN2O. The number of amides is 1. The van der Waals surface area contributed by atoms with Gasteiger partial charge in [-0.05, 0) is 37.0 Å². The molecular weight excluding hydrogens is 248 g/mol.